The second kappa shape index (κ2) is 5.22. The highest BCUT2D eigenvalue weighted by Crippen LogP contribution is 2.41. The molecule has 0 saturated heterocycles. The minimum absolute atomic E-state index is 0.237. The standard InChI is InChI=1S/C17H16FN3O2/c18-14-7-11(10-1-2-10)3-6-15(14)20-16-13(17(22)23)5-4-12-8-19-9-21(12)16/h3,6-10,20H,1-2,4-5H2,(H,22,23). The Bertz CT molecular complexity index is 821. The Morgan fingerprint density at radius 2 is 2.17 bits per heavy atom. The van der Waals surface area contributed by atoms with Crippen molar-refractivity contribution < 1.29 is 14.3 Å². The molecule has 1 aromatic carbocycles. The summed E-state index contributed by atoms with van der Waals surface area (Å²) < 4.78 is 16.0. The molecule has 2 heterocycles. The number of hydrogen-bond acceptors (Lipinski definition) is 3. The Morgan fingerprint density at radius 1 is 1.35 bits per heavy atom. The van der Waals surface area contributed by atoms with Crippen LogP contribution >= 0.6 is 0 Å². The normalized spacial score (nSPS) is 17.1. The summed E-state index contributed by atoms with van der Waals surface area (Å²) in [5.74, 6) is -0.516. The van der Waals surface area contributed by atoms with E-state index in [2.05, 4.69) is 10.3 Å². The van der Waals surface area contributed by atoms with Gasteiger partial charge in [0.1, 0.15) is 18.0 Å². The molecule has 2 aromatic rings. The number of imidazole rings is 1. The molecule has 0 radical (unpaired) electrons. The Labute approximate surface area is 132 Å². The molecule has 2 aliphatic rings. The number of aryl methyl sites for hydroxylation is 1. The molecule has 4 rings (SSSR count). The van der Waals surface area contributed by atoms with Crippen molar-refractivity contribution in [3.05, 3.63) is 53.4 Å². The maximum Gasteiger partial charge on any atom is 0.335 e. The lowest BCUT2D eigenvalue weighted by Crippen LogP contribution is -2.21. The van der Waals surface area contributed by atoms with Gasteiger partial charge in [-0.15, -0.1) is 0 Å². The van der Waals surface area contributed by atoms with Gasteiger partial charge in [-0.25, -0.2) is 14.2 Å². The number of fused-ring (bicyclic) bond motifs is 1. The Hall–Kier alpha value is -2.63. The zero-order valence-electron chi connectivity index (χ0n) is 12.4. The van der Waals surface area contributed by atoms with E-state index < -0.39 is 5.97 Å². The van der Waals surface area contributed by atoms with Crippen LogP contribution in [0.4, 0.5) is 10.1 Å². The Kier molecular flexibility index (Phi) is 3.18. The average molecular weight is 313 g/mol. The molecule has 23 heavy (non-hydrogen) atoms. The molecular formula is C17H16FN3O2. The topological polar surface area (TPSA) is 67.2 Å². The number of aliphatic carboxylic acids is 1. The van der Waals surface area contributed by atoms with Crippen molar-refractivity contribution in [1.29, 1.82) is 0 Å². The molecule has 0 unspecified atom stereocenters. The van der Waals surface area contributed by atoms with Gasteiger partial charge in [-0.3, -0.25) is 4.57 Å². The zero-order chi connectivity index (χ0) is 16.0. The fourth-order valence-corrected chi connectivity index (χ4v) is 3.00. The van der Waals surface area contributed by atoms with Crippen LogP contribution in [0.5, 0.6) is 0 Å². The van der Waals surface area contributed by atoms with Gasteiger partial charge in [-0.1, -0.05) is 6.07 Å². The number of rotatable bonds is 4. The van der Waals surface area contributed by atoms with Crippen molar-refractivity contribution >= 4 is 17.5 Å². The number of halogens is 1. The molecule has 118 valence electrons. The minimum atomic E-state index is -0.998. The smallest absolute Gasteiger partial charge is 0.335 e. The number of carboxylic acid groups (broad SMARTS) is 1. The van der Waals surface area contributed by atoms with Gasteiger partial charge in [0.05, 0.1) is 11.3 Å². The average Bonchev–Trinajstić information content (AvgIpc) is 3.26. The van der Waals surface area contributed by atoms with E-state index >= 15 is 0 Å². The largest absolute Gasteiger partial charge is 0.478 e. The number of benzene rings is 1. The molecular weight excluding hydrogens is 297 g/mol. The van der Waals surface area contributed by atoms with Gasteiger partial charge in [0, 0.05) is 11.9 Å². The van der Waals surface area contributed by atoms with Crippen LogP contribution in [-0.4, -0.2) is 20.6 Å². The molecule has 5 nitrogen and oxygen atoms in total. The first-order valence-electron chi connectivity index (χ1n) is 7.68. The van der Waals surface area contributed by atoms with Crippen LogP contribution in [-0.2, 0) is 11.2 Å². The van der Waals surface area contributed by atoms with E-state index in [1.54, 1.807) is 29.2 Å². The van der Waals surface area contributed by atoms with Crippen molar-refractivity contribution in [2.75, 3.05) is 5.32 Å². The summed E-state index contributed by atoms with van der Waals surface area (Å²) in [6.07, 6.45) is 6.47. The summed E-state index contributed by atoms with van der Waals surface area (Å²) in [6, 6.07) is 5.13. The zero-order valence-corrected chi connectivity index (χ0v) is 12.4. The Morgan fingerprint density at radius 3 is 2.87 bits per heavy atom. The van der Waals surface area contributed by atoms with Gasteiger partial charge >= 0.3 is 5.97 Å². The third-order valence-corrected chi connectivity index (χ3v) is 4.43. The fourth-order valence-electron chi connectivity index (χ4n) is 3.00. The van der Waals surface area contributed by atoms with E-state index in [-0.39, 0.29) is 17.1 Å². The summed E-state index contributed by atoms with van der Waals surface area (Å²) in [6.45, 7) is 0. The van der Waals surface area contributed by atoms with Crippen LogP contribution in [0.15, 0.2) is 36.3 Å². The van der Waals surface area contributed by atoms with Gasteiger partial charge in [0.25, 0.3) is 0 Å². The summed E-state index contributed by atoms with van der Waals surface area (Å²) in [4.78, 5) is 15.6. The molecule has 1 aliphatic heterocycles. The van der Waals surface area contributed by atoms with Crippen LogP contribution in [0.2, 0.25) is 0 Å². The number of carboxylic acids is 1. The van der Waals surface area contributed by atoms with Crippen LogP contribution < -0.4 is 5.32 Å². The third kappa shape index (κ3) is 2.50. The highest BCUT2D eigenvalue weighted by molar-refractivity contribution is 5.95. The number of nitrogens with one attached hydrogen (secondary N) is 1. The molecule has 0 spiro atoms. The van der Waals surface area contributed by atoms with Crippen molar-refractivity contribution in [1.82, 2.24) is 9.55 Å². The van der Waals surface area contributed by atoms with Crippen LogP contribution in [0.1, 0.15) is 36.4 Å². The van der Waals surface area contributed by atoms with E-state index in [0.717, 1.165) is 24.1 Å². The van der Waals surface area contributed by atoms with Crippen LogP contribution in [0, 0.1) is 5.82 Å². The molecule has 0 atom stereocenters. The maximum absolute atomic E-state index is 14.4. The lowest BCUT2D eigenvalue weighted by molar-refractivity contribution is -0.132. The van der Waals surface area contributed by atoms with E-state index in [9.17, 15) is 14.3 Å². The highest BCUT2D eigenvalue weighted by Gasteiger charge is 2.26. The SMILES string of the molecule is O=C(O)C1=C(Nc2ccc(C3CC3)cc2F)n2cncc2CC1. The quantitative estimate of drug-likeness (QED) is 0.909. The molecule has 0 bridgehead atoms. The van der Waals surface area contributed by atoms with Gasteiger partial charge in [-0.2, -0.15) is 0 Å². The van der Waals surface area contributed by atoms with Gasteiger partial charge < -0.3 is 10.4 Å². The fraction of sp³-hybridized carbons (Fsp3) is 0.294. The van der Waals surface area contributed by atoms with Crippen LogP contribution in [0.25, 0.3) is 5.82 Å². The molecule has 2 N–H and O–H groups in total. The monoisotopic (exact) mass is 313 g/mol. The molecule has 1 aromatic heterocycles. The summed E-state index contributed by atoms with van der Waals surface area (Å²) >= 11 is 0. The van der Waals surface area contributed by atoms with Gasteiger partial charge in [0.2, 0.25) is 0 Å². The summed E-state index contributed by atoms with van der Waals surface area (Å²) in [5, 5.41) is 12.4. The van der Waals surface area contributed by atoms with Gasteiger partial charge in [0.15, 0.2) is 0 Å². The van der Waals surface area contributed by atoms with E-state index in [0.29, 0.717) is 24.6 Å². The van der Waals surface area contributed by atoms with E-state index in [1.807, 2.05) is 6.07 Å². The lowest BCUT2D eigenvalue weighted by atomic mass is 10.0. The molecule has 1 aliphatic carbocycles. The number of aromatic nitrogens is 2. The number of hydrogen-bond donors (Lipinski definition) is 2. The maximum atomic E-state index is 14.4. The first-order chi connectivity index (χ1) is 11.1. The third-order valence-electron chi connectivity index (χ3n) is 4.43. The van der Waals surface area contributed by atoms with Crippen molar-refractivity contribution in [2.45, 2.75) is 31.6 Å². The Balaban J connectivity index is 1.72. The first-order valence-corrected chi connectivity index (χ1v) is 7.68. The molecule has 6 heteroatoms. The minimum Gasteiger partial charge on any atom is -0.478 e. The second-order valence-electron chi connectivity index (χ2n) is 6.03. The van der Waals surface area contributed by atoms with E-state index in [1.165, 1.54) is 0 Å². The number of anilines is 1. The predicted molar refractivity (Wildman–Crippen MR) is 83.4 cm³/mol. The van der Waals surface area contributed by atoms with Crippen LogP contribution in [0.3, 0.4) is 0 Å². The van der Waals surface area contributed by atoms with Crippen molar-refractivity contribution in [3.63, 3.8) is 0 Å². The predicted octanol–water partition coefficient (Wildman–Crippen LogP) is 3.21. The molecule has 0 amide bonds. The number of nitrogens with zero attached hydrogens (tertiary/aromatic N) is 2. The van der Waals surface area contributed by atoms with E-state index in [4.69, 9.17) is 0 Å². The summed E-state index contributed by atoms with van der Waals surface area (Å²) in [5.41, 5.74) is 2.44. The van der Waals surface area contributed by atoms with Crippen molar-refractivity contribution in [2.24, 2.45) is 0 Å². The number of carbonyl (C=O) groups is 1. The highest BCUT2D eigenvalue weighted by atomic mass is 19.1. The second-order valence-corrected chi connectivity index (χ2v) is 6.03. The lowest BCUT2D eigenvalue weighted by Gasteiger charge is -2.22. The molecule has 1 fully saturated rings. The first kappa shape index (κ1) is 14.0. The summed E-state index contributed by atoms with van der Waals surface area (Å²) in [7, 11) is 0. The molecule has 1 saturated carbocycles. The van der Waals surface area contributed by atoms with Crippen molar-refractivity contribution in [3.8, 4) is 0 Å². The van der Waals surface area contributed by atoms with Gasteiger partial charge in [-0.05, 0) is 49.3 Å².